The van der Waals surface area contributed by atoms with Gasteiger partial charge in [-0.1, -0.05) is 52.0 Å². The summed E-state index contributed by atoms with van der Waals surface area (Å²) < 4.78 is 36.6. The quantitative estimate of drug-likeness (QED) is 0.345. The van der Waals surface area contributed by atoms with Crippen molar-refractivity contribution in [3.8, 4) is 0 Å². The second-order valence-corrected chi connectivity index (χ2v) is 11.0. The van der Waals surface area contributed by atoms with Crippen molar-refractivity contribution < 1.29 is 13.5 Å². The molecule has 0 amide bonds. The molecule has 0 N–H and O–H groups in total. The zero-order valence-electron chi connectivity index (χ0n) is 20.4. The number of aryl methyl sites for hydroxylation is 1. The molecular formula is C29H44F2O. The van der Waals surface area contributed by atoms with Gasteiger partial charge in [0.25, 0.3) is 0 Å². The zero-order valence-corrected chi connectivity index (χ0v) is 20.4. The van der Waals surface area contributed by atoms with Crippen LogP contribution >= 0.6 is 0 Å². The number of rotatable bonds is 9. The lowest BCUT2D eigenvalue weighted by Gasteiger charge is -2.42. The van der Waals surface area contributed by atoms with Crippen LogP contribution in [-0.2, 0) is 17.6 Å². The Labute approximate surface area is 194 Å². The molecule has 5 unspecified atom stereocenters. The van der Waals surface area contributed by atoms with Crippen molar-refractivity contribution in [2.75, 3.05) is 6.61 Å². The molecule has 32 heavy (non-hydrogen) atoms. The van der Waals surface area contributed by atoms with Crippen molar-refractivity contribution in [3.05, 3.63) is 34.4 Å². The fraction of sp³-hybridized carbons (Fsp3) is 0.793. The molecule has 3 heteroatoms. The lowest BCUT2D eigenvalue weighted by Crippen LogP contribution is -2.34. The number of hydrogen-bond donors (Lipinski definition) is 0. The standard InChI is InChI=1S/C29H44F2O/c1-3-5-7-15-32-25-14-13-21-17-23(12-11-22(21)18-25)27-19-24-10-9-20(8-6-4-2)16-26(24)28(30)29(27)31/h19-23,25H,3-18H2,1-2H3. The number of fused-ring (bicyclic) bond motifs is 2. The molecule has 180 valence electrons. The van der Waals surface area contributed by atoms with Crippen LogP contribution in [0.2, 0.25) is 0 Å². The van der Waals surface area contributed by atoms with E-state index in [0.29, 0.717) is 35.0 Å². The van der Waals surface area contributed by atoms with E-state index in [9.17, 15) is 0 Å². The summed E-state index contributed by atoms with van der Waals surface area (Å²) in [4.78, 5) is 0. The molecule has 0 radical (unpaired) electrons. The van der Waals surface area contributed by atoms with Gasteiger partial charge in [-0.05, 0) is 105 Å². The van der Waals surface area contributed by atoms with Gasteiger partial charge < -0.3 is 4.74 Å². The fourth-order valence-electron chi connectivity index (χ4n) is 6.85. The fourth-order valence-corrected chi connectivity index (χ4v) is 6.85. The third-order valence-electron chi connectivity index (χ3n) is 8.82. The third kappa shape index (κ3) is 5.57. The molecule has 5 atom stereocenters. The minimum Gasteiger partial charge on any atom is -0.378 e. The highest BCUT2D eigenvalue weighted by molar-refractivity contribution is 5.38. The van der Waals surface area contributed by atoms with E-state index in [0.717, 1.165) is 63.5 Å². The molecule has 1 aromatic rings. The van der Waals surface area contributed by atoms with Gasteiger partial charge in [-0.3, -0.25) is 0 Å². The number of hydrogen-bond acceptors (Lipinski definition) is 1. The summed E-state index contributed by atoms with van der Waals surface area (Å²) in [6.45, 7) is 5.33. The van der Waals surface area contributed by atoms with Crippen LogP contribution in [0.3, 0.4) is 0 Å². The predicted molar refractivity (Wildman–Crippen MR) is 128 cm³/mol. The minimum atomic E-state index is -0.531. The van der Waals surface area contributed by atoms with E-state index >= 15 is 8.78 Å². The van der Waals surface area contributed by atoms with E-state index in [2.05, 4.69) is 19.9 Å². The van der Waals surface area contributed by atoms with Crippen LogP contribution in [0.15, 0.2) is 6.07 Å². The molecule has 0 heterocycles. The first-order chi connectivity index (χ1) is 15.6. The number of halogens is 2. The van der Waals surface area contributed by atoms with E-state index in [-0.39, 0.29) is 5.92 Å². The van der Waals surface area contributed by atoms with Gasteiger partial charge in [-0.25, -0.2) is 8.78 Å². The maximum Gasteiger partial charge on any atom is 0.162 e. The van der Waals surface area contributed by atoms with Crippen molar-refractivity contribution in [1.82, 2.24) is 0 Å². The average Bonchev–Trinajstić information content (AvgIpc) is 2.82. The van der Waals surface area contributed by atoms with Crippen LogP contribution in [0, 0.1) is 29.4 Å². The number of ether oxygens (including phenoxy) is 1. The lowest BCUT2D eigenvalue weighted by molar-refractivity contribution is -0.0164. The number of unbranched alkanes of at least 4 members (excludes halogenated alkanes) is 3. The second kappa shape index (κ2) is 11.4. The van der Waals surface area contributed by atoms with Crippen LogP contribution in [0.25, 0.3) is 0 Å². The predicted octanol–water partition coefficient (Wildman–Crippen LogP) is 8.52. The molecule has 0 spiro atoms. The van der Waals surface area contributed by atoms with Gasteiger partial charge in [0.15, 0.2) is 11.6 Å². The van der Waals surface area contributed by atoms with Crippen molar-refractivity contribution in [3.63, 3.8) is 0 Å². The van der Waals surface area contributed by atoms with Crippen LogP contribution in [-0.4, -0.2) is 12.7 Å². The summed E-state index contributed by atoms with van der Waals surface area (Å²) in [5.41, 5.74) is 2.47. The second-order valence-electron chi connectivity index (χ2n) is 11.0. The van der Waals surface area contributed by atoms with Crippen LogP contribution in [0.5, 0.6) is 0 Å². The summed E-state index contributed by atoms with van der Waals surface area (Å²) in [6, 6.07) is 2.07. The monoisotopic (exact) mass is 446 g/mol. The Morgan fingerprint density at radius 3 is 2.47 bits per heavy atom. The maximum atomic E-state index is 15.2. The highest BCUT2D eigenvalue weighted by Crippen LogP contribution is 2.48. The van der Waals surface area contributed by atoms with E-state index in [1.165, 1.54) is 44.9 Å². The van der Waals surface area contributed by atoms with E-state index in [4.69, 9.17) is 4.74 Å². The first-order valence-electron chi connectivity index (χ1n) is 13.7. The van der Waals surface area contributed by atoms with Gasteiger partial charge in [-0.15, -0.1) is 0 Å². The van der Waals surface area contributed by atoms with E-state index in [1.54, 1.807) is 0 Å². The topological polar surface area (TPSA) is 9.23 Å². The molecule has 1 aromatic carbocycles. The molecule has 0 aromatic heterocycles. The van der Waals surface area contributed by atoms with Gasteiger partial charge in [0, 0.05) is 6.61 Å². The molecule has 1 nitrogen and oxygen atoms in total. The lowest BCUT2D eigenvalue weighted by atomic mass is 9.65. The molecule has 4 rings (SSSR count). The Bertz CT molecular complexity index is 745. The van der Waals surface area contributed by atoms with Gasteiger partial charge in [0.1, 0.15) is 0 Å². The van der Waals surface area contributed by atoms with Crippen molar-refractivity contribution in [1.29, 1.82) is 0 Å². The Morgan fingerprint density at radius 2 is 1.66 bits per heavy atom. The summed E-state index contributed by atoms with van der Waals surface area (Å²) in [5.74, 6) is 1.02. The van der Waals surface area contributed by atoms with Gasteiger partial charge in [0.2, 0.25) is 0 Å². The molecule has 0 saturated heterocycles. The SMILES string of the molecule is CCCCCOC1CCC2CC(c3cc4c(c(F)c3F)CC(CCCC)CC4)CCC2C1. The Morgan fingerprint density at radius 1 is 0.875 bits per heavy atom. The van der Waals surface area contributed by atoms with Gasteiger partial charge >= 0.3 is 0 Å². The molecule has 2 fully saturated rings. The van der Waals surface area contributed by atoms with Gasteiger partial charge in [-0.2, -0.15) is 0 Å². The Kier molecular flexibility index (Phi) is 8.65. The van der Waals surface area contributed by atoms with Crippen molar-refractivity contribution >= 4 is 0 Å². The summed E-state index contributed by atoms with van der Waals surface area (Å²) >= 11 is 0. The first kappa shape index (κ1) is 24.2. The summed E-state index contributed by atoms with van der Waals surface area (Å²) in [6.07, 6.45) is 17.0. The van der Waals surface area contributed by atoms with Crippen molar-refractivity contribution in [2.45, 2.75) is 122 Å². The maximum absolute atomic E-state index is 15.2. The van der Waals surface area contributed by atoms with Crippen LogP contribution < -0.4 is 0 Å². The molecule has 0 aliphatic heterocycles. The summed E-state index contributed by atoms with van der Waals surface area (Å²) in [7, 11) is 0. The first-order valence-corrected chi connectivity index (χ1v) is 13.7. The normalized spacial score (nSPS) is 30.1. The van der Waals surface area contributed by atoms with Crippen molar-refractivity contribution in [2.24, 2.45) is 17.8 Å². The smallest absolute Gasteiger partial charge is 0.162 e. The molecule has 3 aliphatic carbocycles. The molecule has 2 saturated carbocycles. The average molecular weight is 447 g/mol. The minimum absolute atomic E-state index is 0.191. The van der Waals surface area contributed by atoms with E-state index in [1.807, 2.05) is 0 Å². The van der Waals surface area contributed by atoms with E-state index < -0.39 is 11.6 Å². The van der Waals surface area contributed by atoms with Crippen LogP contribution in [0.1, 0.15) is 120 Å². The highest BCUT2D eigenvalue weighted by Gasteiger charge is 2.38. The molecule has 0 bridgehead atoms. The molecule has 3 aliphatic rings. The highest BCUT2D eigenvalue weighted by atomic mass is 19.2. The Balaban J connectivity index is 1.37. The summed E-state index contributed by atoms with van der Waals surface area (Å²) in [5, 5.41) is 0. The van der Waals surface area contributed by atoms with Gasteiger partial charge in [0.05, 0.1) is 6.10 Å². The molecular weight excluding hydrogens is 402 g/mol. The third-order valence-corrected chi connectivity index (χ3v) is 8.82. The Hall–Kier alpha value is -0.960. The zero-order chi connectivity index (χ0) is 22.5. The number of benzene rings is 1. The van der Waals surface area contributed by atoms with Crippen LogP contribution in [0.4, 0.5) is 8.78 Å². The largest absolute Gasteiger partial charge is 0.378 e.